The van der Waals surface area contributed by atoms with E-state index >= 15 is 0 Å². The van der Waals surface area contributed by atoms with Crippen molar-refractivity contribution in [2.45, 2.75) is 13.0 Å². The summed E-state index contributed by atoms with van der Waals surface area (Å²) in [6, 6.07) is 12.3. The fourth-order valence-corrected chi connectivity index (χ4v) is 1.72. The average molecular weight is 201 g/mol. The number of nitrogens with two attached hydrogens (primary N) is 1. The zero-order chi connectivity index (χ0) is 10.8. The lowest BCUT2D eigenvalue weighted by atomic mass is 10.0. The first-order chi connectivity index (χ1) is 7.22. The fraction of sp³-hybridized carbons (Fsp3) is 0.231. The third-order valence-electron chi connectivity index (χ3n) is 2.61. The maximum atomic E-state index is 5.86. The van der Waals surface area contributed by atoms with Gasteiger partial charge in [-0.15, -0.1) is 0 Å². The van der Waals surface area contributed by atoms with Gasteiger partial charge in [0.1, 0.15) is 5.75 Å². The van der Waals surface area contributed by atoms with E-state index in [-0.39, 0.29) is 6.04 Å². The van der Waals surface area contributed by atoms with Gasteiger partial charge in [-0.1, -0.05) is 24.3 Å². The largest absolute Gasteiger partial charge is 0.496 e. The van der Waals surface area contributed by atoms with Gasteiger partial charge in [0, 0.05) is 11.4 Å². The smallest absolute Gasteiger partial charge is 0.126 e. The monoisotopic (exact) mass is 201 g/mol. The SMILES string of the molecule is COc1cccc2ccc(C(C)N)cc12. The highest BCUT2D eigenvalue weighted by Gasteiger charge is 2.04. The molecule has 2 aromatic rings. The molecule has 1 atom stereocenters. The van der Waals surface area contributed by atoms with E-state index < -0.39 is 0 Å². The Morgan fingerprint density at radius 2 is 2.00 bits per heavy atom. The van der Waals surface area contributed by atoms with Crippen LogP contribution in [0.2, 0.25) is 0 Å². The van der Waals surface area contributed by atoms with Crippen molar-refractivity contribution >= 4 is 10.8 Å². The van der Waals surface area contributed by atoms with Gasteiger partial charge in [0.2, 0.25) is 0 Å². The van der Waals surface area contributed by atoms with Crippen LogP contribution in [0.25, 0.3) is 10.8 Å². The van der Waals surface area contributed by atoms with Gasteiger partial charge in [0.05, 0.1) is 7.11 Å². The van der Waals surface area contributed by atoms with Crippen molar-refractivity contribution in [2.24, 2.45) is 5.73 Å². The molecule has 15 heavy (non-hydrogen) atoms. The van der Waals surface area contributed by atoms with Gasteiger partial charge in [-0.3, -0.25) is 0 Å². The van der Waals surface area contributed by atoms with Crippen LogP contribution in [-0.2, 0) is 0 Å². The molecule has 2 rings (SSSR count). The predicted molar refractivity (Wildman–Crippen MR) is 63.1 cm³/mol. The van der Waals surface area contributed by atoms with Gasteiger partial charge in [-0.05, 0) is 30.0 Å². The lowest BCUT2D eigenvalue weighted by Crippen LogP contribution is -2.04. The van der Waals surface area contributed by atoms with E-state index in [1.807, 2.05) is 19.1 Å². The molecule has 0 spiro atoms. The zero-order valence-corrected chi connectivity index (χ0v) is 9.03. The average Bonchev–Trinajstić information content (AvgIpc) is 2.27. The molecule has 2 nitrogen and oxygen atoms in total. The molecule has 0 saturated heterocycles. The normalized spacial score (nSPS) is 12.7. The second-order valence-corrected chi connectivity index (χ2v) is 3.73. The van der Waals surface area contributed by atoms with E-state index in [0.717, 1.165) is 16.7 Å². The topological polar surface area (TPSA) is 35.2 Å². The quantitative estimate of drug-likeness (QED) is 0.810. The van der Waals surface area contributed by atoms with Crippen molar-refractivity contribution in [3.8, 4) is 5.75 Å². The molecule has 0 saturated carbocycles. The predicted octanol–water partition coefficient (Wildman–Crippen LogP) is 2.87. The zero-order valence-electron chi connectivity index (χ0n) is 9.03. The molecule has 2 N–H and O–H groups in total. The summed E-state index contributed by atoms with van der Waals surface area (Å²) in [6.07, 6.45) is 0. The summed E-state index contributed by atoms with van der Waals surface area (Å²) in [5, 5.41) is 2.30. The third kappa shape index (κ3) is 1.81. The van der Waals surface area contributed by atoms with Gasteiger partial charge in [-0.2, -0.15) is 0 Å². The summed E-state index contributed by atoms with van der Waals surface area (Å²) >= 11 is 0. The second-order valence-electron chi connectivity index (χ2n) is 3.73. The molecular formula is C13H15NO. The van der Waals surface area contributed by atoms with E-state index in [1.54, 1.807) is 7.11 Å². The Morgan fingerprint density at radius 1 is 1.20 bits per heavy atom. The number of benzene rings is 2. The molecule has 0 aliphatic rings. The molecule has 0 heterocycles. The first-order valence-corrected chi connectivity index (χ1v) is 5.04. The van der Waals surface area contributed by atoms with E-state index in [0.29, 0.717) is 0 Å². The summed E-state index contributed by atoms with van der Waals surface area (Å²) in [5.74, 6) is 0.898. The summed E-state index contributed by atoms with van der Waals surface area (Å²) in [4.78, 5) is 0. The van der Waals surface area contributed by atoms with Crippen molar-refractivity contribution in [1.82, 2.24) is 0 Å². The van der Waals surface area contributed by atoms with Crippen molar-refractivity contribution < 1.29 is 4.74 Å². The number of hydrogen-bond donors (Lipinski definition) is 1. The molecule has 0 bridgehead atoms. The lowest BCUT2D eigenvalue weighted by molar-refractivity contribution is 0.420. The van der Waals surface area contributed by atoms with Crippen molar-refractivity contribution in [2.75, 3.05) is 7.11 Å². The van der Waals surface area contributed by atoms with Gasteiger partial charge in [0.25, 0.3) is 0 Å². The minimum absolute atomic E-state index is 0.0549. The van der Waals surface area contributed by atoms with Crippen LogP contribution < -0.4 is 10.5 Å². The Balaban J connectivity index is 2.67. The molecule has 0 aliphatic heterocycles. The van der Waals surface area contributed by atoms with Gasteiger partial charge >= 0.3 is 0 Å². The molecule has 0 radical (unpaired) electrons. The van der Waals surface area contributed by atoms with Gasteiger partial charge in [0.15, 0.2) is 0 Å². The molecule has 1 unspecified atom stereocenters. The summed E-state index contributed by atoms with van der Waals surface area (Å²) in [5.41, 5.74) is 6.99. The Hall–Kier alpha value is -1.54. The standard InChI is InChI=1S/C13H15NO/c1-9(14)11-7-6-10-4-3-5-13(15-2)12(10)8-11/h3-9H,14H2,1-2H3. The molecule has 0 aromatic heterocycles. The molecule has 2 heteroatoms. The highest BCUT2D eigenvalue weighted by molar-refractivity contribution is 5.88. The number of rotatable bonds is 2. The number of hydrogen-bond acceptors (Lipinski definition) is 2. The molecule has 2 aromatic carbocycles. The molecule has 0 aliphatic carbocycles. The molecular weight excluding hydrogens is 186 g/mol. The van der Waals surface area contributed by atoms with E-state index in [1.165, 1.54) is 5.39 Å². The number of methoxy groups -OCH3 is 1. The Bertz CT molecular complexity index is 477. The van der Waals surface area contributed by atoms with Crippen LogP contribution in [0, 0.1) is 0 Å². The van der Waals surface area contributed by atoms with Crippen LogP contribution in [0.4, 0.5) is 0 Å². The maximum absolute atomic E-state index is 5.86. The number of fused-ring (bicyclic) bond motifs is 1. The first-order valence-electron chi connectivity index (χ1n) is 5.04. The van der Waals surface area contributed by atoms with Crippen molar-refractivity contribution in [3.05, 3.63) is 42.0 Å². The lowest BCUT2D eigenvalue weighted by Gasteiger charge is -2.09. The summed E-state index contributed by atoms with van der Waals surface area (Å²) < 4.78 is 5.32. The van der Waals surface area contributed by atoms with E-state index in [2.05, 4.69) is 24.3 Å². The van der Waals surface area contributed by atoms with Crippen LogP contribution in [-0.4, -0.2) is 7.11 Å². The minimum atomic E-state index is 0.0549. The second kappa shape index (κ2) is 3.91. The maximum Gasteiger partial charge on any atom is 0.126 e. The highest BCUT2D eigenvalue weighted by atomic mass is 16.5. The summed E-state index contributed by atoms with van der Waals surface area (Å²) in [6.45, 7) is 1.98. The van der Waals surface area contributed by atoms with Crippen LogP contribution in [0.3, 0.4) is 0 Å². The Morgan fingerprint density at radius 3 is 2.67 bits per heavy atom. The first kappa shape index (κ1) is 9.99. The van der Waals surface area contributed by atoms with Crippen LogP contribution >= 0.6 is 0 Å². The minimum Gasteiger partial charge on any atom is -0.496 e. The van der Waals surface area contributed by atoms with Gasteiger partial charge < -0.3 is 10.5 Å². The fourth-order valence-electron chi connectivity index (χ4n) is 1.72. The van der Waals surface area contributed by atoms with Crippen LogP contribution in [0.5, 0.6) is 5.75 Å². The highest BCUT2D eigenvalue weighted by Crippen LogP contribution is 2.27. The van der Waals surface area contributed by atoms with Crippen molar-refractivity contribution in [3.63, 3.8) is 0 Å². The third-order valence-corrected chi connectivity index (χ3v) is 2.61. The number of ether oxygens (including phenoxy) is 1. The Kier molecular flexibility index (Phi) is 2.60. The van der Waals surface area contributed by atoms with Crippen LogP contribution in [0.1, 0.15) is 18.5 Å². The molecule has 0 fully saturated rings. The van der Waals surface area contributed by atoms with E-state index in [4.69, 9.17) is 10.5 Å². The summed E-state index contributed by atoms with van der Waals surface area (Å²) in [7, 11) is 1.69. The van der Waals surface area contributed by atoms with Gasteiger partial charge in [-0.25, -0.2) is 0 Å². The Labute approximate surface area is 89.7 Å². The van der Waals surface area contributed by atoms with E-state index in [9.17, 15) is 0 Å². The van der Waals surface area contributed by atoms with Crippen molar-refractivity contribution in [1.29, 1.82) is 0 Å². The molecule has 78 valence electrons. The van der Waals surface area contributed by atoms with Crippen LogP contribution in [0.15, 0.2) is 36.4 Å². The molecule has 0 amide bonds.